The normalized spacial score (nSPS) is 10.3. The smallest absolute Gasteiger partial charge is 0.229 e. The molecule has 0 aliphatic carbocycles. The molecular formula is C85H110B3Cl3N22O5. The number of carbonyl (C=O) groups is 2. The topological polar surface area (TPSA) is 306 Å². The Morgan fingerprint density at radius 2 is 0.847 bits per heavy atom. The van der Waals surface area contributed by atoms with Crippen molar-refractivity contribution in [3.8, 4) is 0 Å². The van der Waals surface area contributed by atoms with E-state index in [-0.39, 0.29) is 73.7 Å². The number of nitrogens with two attached hydrogens (primary N) is 1. The Hall–Kier alpha value is -11.6. The molecule has 6 aromatic carbocycles. The van der Waals surface area contributed by atoms with Crippen LogP contribution < -0.4 is 30.7 Å². The minimum absolute atomic E-state index is 0. The molecule has 14 aromatic rings. The zero-order chi connectivity index (χ0) is 82.6. The van der Waals surface area contributed by atoms with Gasteiger partial charge >= 0.3 is 42.4 Å². The number of fused-ring (bicyclic) bond motifs is 4. The van der Waals surface area contributed by atoms with Crippen LogP contribution in [0.2, 0.25) is 22.7 Å². The van der Waals surface area contributed by atoms with Crippen molar-refractivity contribution in [2.45, 2.75) is 147 Å². The van der Waals surface area contributed by atoms with Crippen molar-refractivity contribution >= 4 is 177 Å². The van der Waals surface area contributed by atoms with Crippen LogP contribution in [0.4, 0.5) is 63.3 Å². The van der Waals surface area contributed by atoms with E-state index in [9.17, 15) is 14.3 Å². The third-order valence-corrected chi connectivity index (χ3v) is 19.5. The first kappa shape index (κ1) is 98.8. The summed E-state index contributed by atoms with van der Waals surface area (Å²) in [7, 11) is 11.7. The van der Waals surface area contributed by atoms with Crippen LogP contribution in [-0.2, 0) is 21.4 Å². The summed E-state index contributed by atoms with van der Waals surface area (Å²) in [5.41, 5.74) is 30.9. The summed E-state index contributed by atoms with van der Waals surface area (Å²) in [6.07, 6.45) is 6.66. The number of benzene rings is 6. The SMILES string of the molecule is C.C.C.C.CC(=O)n1nc(C)c2cc(C)c(N(C)c3ccnc(Cl)n3)cc21.CC(=O)n1nc(C)c2cc(C)c(N(C)c3ccnc(Cl)n3)cc21.C[B]OOCB=O.Cc1cc(C)c(N)cc1C.Cc1cc(C)c(Nc2nccc(N(C)c3cc4c(cc3C)c(C)nn4C)n2)cc1C.Cc1cc2c(C)[nH]nc2cc1N(C)c1ccnc(Cl)n1.[2HH].[B]. The number of carbonyl (C=O) groups excluding carboxylic acids is 2. The number of rotatable bonds is 14. The Balaban J connectivity index is 0.000000381. The Morgan fingerprint density at radius 1 is 0.483 bits per heavy atom. The quantitative estimate of drug-likeness (QED) is 0.0227. The summed E-state index contributed by atoms with van der Waals surface area (Å²) in [5, 5.41) is 28.8. The standard InChI is InChI=1S/C24H28N6.2C16H16ClN5O.C14H14ClN5.C9H13N.C2H5B2O3.4CH4.B.H2/c1-14-10-16(3)20(12-15(14)2)26-24-25-9-8-23(27-24)29(6)21-13-22-19(11-17(21)4)18(5)28-30(22)7;2*1-9-7-12-10(2)20-22(11(3)23)14(12)8-13(9)21(4)15-5-6-18-16(17)19-15;1-8-6-10-9(2)18-19-11(10)7-12(8)20(3)13-4-5-16-14(15)17-13;1-6-4-8(3)9(10)5-7(6)2;1-3-7-6-2-4-5;;;;;;/h8-13H,1-7H3,(H,25,26,27);2*5-8H,1-4H3;4-7H,1-3H3,(H,18,19);4-5H,10H2,1-3H3;2H2,1H3;4*1H4;;1H/i;;;;;;;;;;;1+1. The Kier molecular flexibility index (Phi) is 36.5. The number of aromatic amines is 1. The zero-order valence-electron chi connectivity index (χ0n) is 68.2. The summed E-state index contributed by atoms with van der Waals surface area (Å²) in [6, 6.07) is 32.3. The van der Waals surface area contributed by atoms with Gasteiger partial charge in [-0.15, -0.1) is 0 Å². The van der Waals surface area contributed by atoms with Gasteiger partial charge in [0.15, 0.2) is 0 Å². The molecule has 8 heterocycles. The van der Waals surface area contributed by atoms with Crippen LogP contribution in [0.3, 0.4) is 0 Å². The van der Waals surface area contributed by atoms with Gasteiger partial charge in [-0.25, -0.2) is 34.9 Å². The van der Waals surface area contributed by atoms with Gasteiger partial charge in [0.05, 0.1) is 39.1 Å². The van der Waals surface area contributed by atoms with Gasteiger partial charge in [0.2, 0.25) is 33.6 Å². The van der Waals surface area contributed by atoms with E-state index in [4.69, 9.17) is 45.5 Å². The maximum absolute atomic E-state index is 11.8. The number of hydrogen-bond donors (Lipinski definition) is 3. The molecule has 0 aliphatic heterocycles. The summed E-state index contributed by atoms with van der Waals surface area (Å²) in [6.45, 7) is 33.3. The minimum Gasteiger partial charge on any atom is -0.399 e. The van der Waals surface area contributed by atoms with Gasteiger partial charge in [0.25, 0.3) is 0 Å². The van der Waals surface area contributed by atoms with Gasteiger partial charge in [-0.2, -0.15) is 34.7 Å². The van der Waals surface area contributed by atoms with Crippen molar-refractivity contribution in [2.75, 3.05) is 65.3 Å². The third kappa shape index (κ3) is 23.6. The molecule has 14 rings (SSSR count). The first-order valence-corrected chi connectivity index (χ1v) is 37.1. The average molecular weight is 1660 g/mol. The van der Waals surface area contributed by atoms with Gasteiger partial charge < -0.3 is 30.7 Å². The van der Waals surface area contributed by atoms with Crippen molar-refractivity contribution in [1.29, 1.82) is 0 Å². The Labute approximate surface area is 713 Å². The summed E-state index contributed by atoms with van der Waals surface area (Å²) in [4.78, 5) is 73.5. The van der Waals surface area contributed by atoms with Gasteiger partial charge in [-0.3, -0.25) is 19.4 Å². The largest absolute Gasteiger partial charge is 0.399 e. The average Bonchev–Trinajstić information content (AvgIpc) is 1.67. The van der Waals surface area contributed by atoms with E-state index >= 15 is 0 Å². The van der Waals surface area contributed by atoms with Crippen molar-refractivity contribution in [3.63, 3.8) is 0 Å². The first-order valence-electron chi connectivity index (χ1n) is 35.9. The molecule has 0 saturated carbocycles. The number of aryl methyl sites for hydroxylation is 15. The Bertz CT molecular complexity index is 5640. The monoisotopic (exact) mass is 1660 g/mol. The molecule has 0 amide bonds. The molecule has 0 bridgehead atoms. The van der Waals surface area contributed by atoms with Crippen molar-refractivity contribution < 1.29 is 25.4 Å². The molecular weight excluding hydrogens is 1550 g/mol. The maximum Gasteiger partial charge on any atom is 0.229 e. The molecule has 8 aromatic heterocycles. The second-order valence-corrected chi connectivity index (χ2v) is 28.2. The Morgan fingerprint density at radius 3 is 1.25 bits per heavy atom. The number of nitrogens with one attached hydrogen (secondary N) is 2. The fourth-order valence-corrected chi connectivity index (χ4v) is 13.0. The van der Waals surface area contributed by atoms with Gasteiger partial charge in [-0.1, -0.05) is 41.8 Å². The van der Waals surface area contributed by atoms with Crippen molar-refractivity contribution in [2.24, 2.45) is 7.05 Å². The van der Waals surface area contributed by atoms with E-state index in [0.717, 1.165) is 123 Å². The van der Waals surface area contributed by atoms with Crippen LogP contribution >= 0.6 is 34.8 Å². The van der Waals surface area contributed by atoms with Crippen LogP contribution in [0.1, 0.15) is 133 Å². The molecule has 0 fully saturated rings. The molecule has 0 unspecified atom stereocenters. The summed E-state index contributed by atoms with van der Waals surface area (Å²) >= 11 is 17.6. The second-order valence-electron chi connectivity index (χ2n) is 27.2. The first-order chi connectivity index (χ1) is 53.6. The fourth-order valence-electron chi connectivity index (χ4n) is 12.6. The van der Waals surface area contributed by atoms with Crippen LogP contribution in [-0.4, -0.2) is 149 Å². The van der Waals surface area contributed by atoms with Crippen LogP contribution in [0, 0.1) is 96.9 Å². The number of nitrogen functional groups attached to an aromatic ring is 1. The predicted molar refractivity (Wildman–Crippen MR) is 491 cm³/mol. The number of hydrogen-bond acceptors (Lipinski definition) is 23. The van der Waals surface area contributed by atoms with Gasteiger partial charge in [0, 0.05) is 145 Å². The predicted octanol–water partition coefficient (Wildman–Crippen LogP) is 20.1. The third-order valence-electron chi connectivity index (χ3n) is 18.9. The maximum atomic E-state index is 11.8. The number of H-pyrrole nitrogens is 1. The second kappa shape index (κ2) is 43.6. The number of halogens is 3. The molecule has 4 N–H and O–H groups in total. The number of aromatic nitrogens is 16. The summed E-state index contributed by atoms with van der Waals surface area (Å²) in [5.74, 6) is 3.28. The van der Waals surface area contributed by atoms with E-state index in [1.54, 1.807) is 43.7 Å². The van der Waals surface area contributed by atoms with Crippen molar-refractivity contribution in [1.82, 2.24) is 79.4 Å². The fraction of sp³-hybridized carbons (Fsp3) is 0.318. The molecule has 0 atom stereocenters. The molecule has 0 saturated heterocycles. The summed E-state index contributed by atoms with van der Waals surface area (Å²) < 4.78 is 14.2. The van der Waals surface area contributed by atoms with Crippen LogP contribution in [0.5, 0.6) is 0 Å². The van der Waals surface area contributed by atoms with E-state index < -0.39 is 0 Å². The van der Waals surface area contributed by atoms with Gasteiger partial charge in [0.1, 0.15) is 23.3 Å². The molecule has 4 radical (unpaired) electrons. The van der Waals surface area contributed by atoms with Crippen molar-refractivity contribution in [3.05, 3.63) is 216 Å². The molecule has 27 nitrogen and oxygen atoms in total. The van der Waals surface area contributed by atoms with Crippen LogP contribution in [0.15, 0.2) is 122 Å². The van der Waals surface area contributed by atoms with Crippen LogP contribution in [0.25, 0.3) is 43.6 Å². The molecule has 118 heavy (non-hydrogen) atoms. The minimum atomic E-state index is -0.120. The zero-order valence-corrected chi connectivity index (χ0v) is 70.5. The number of anilines is 11. The van der Waals surface area contributed by atoms with E-state index in [1.807, 2.05) is 152 Å². The molecule has 0 aliphatic rings. The van der Waals surface area contributed by atoms with E-state index in [0.29, 0.717) is 24.7 Å². The molecule has 0 spiro atoms. The van der Waals surface area contributed by atoms with E-state index in [1.165, 1.54) is 75.0 Å². The van der Waals surface area contributed by atoms with Gasteiger partial charge in [-0.05, 0) is 272 Å². The molecule has 33 heteroatoms. The molecule has 620 valence electrons. The van der Waals surface area contributed by atoms with E-state index in [2.05, 4.69) is 165 Å². The number of nitrogens with zero attached hydrogens (tertiary/aromatic N) is 19.